The Balaban J connectivity index is 2.11. The molecule has 2 heterocycles. The fourth-order valence-corrected chi connectivity index (χ4v) is 2.87. The van der Waals surface area contributed by atoms with Crippen LogP contribution in [0.4, 0.5) is 5.69 Å². The second-order valence-electron chi connectivity index (χ2n) is 4.84. The molecular weight excluding hydrogens is 337 g/mol. The molecule has 0 radical (unpaired) electrons. The second kappa shape index (κ2) is 7.28. The summed E-state index contributed by atoms with van der Waals surface area (Å²) in [6, 6.07) is 2.34. The average Bonchev–Trinajstić information content (AvgIpc) is 2.67. The number of anilines is 1. The number of aryl methyl sites for hydroxylation is 1. The zero-order chi connectivity index (χ0) is 12.8. The molecule has 0 bridgehead atoms. The first-order valence-corrected chi connectivity index (χ1v) is 7.99. The minimum absolute atomic E-state index is 1.08. The summed E-state index contributed by atoms with van der Waals surface area (Å²) in [5, 5.41) is 3.44. The van der Waals surface area contributed by atoms with E-state index in [1.165, 1.54) is 30.5 Å². The molecule has 1 aromatic rings. The van der Waals surface area contributed by atoms with Crippen molar-refractivity contribution in [2.75, 3.05) is 31.1 Å². The van der Waals surface area contributed by atoms with E-state index in [0.29, 0.717) is 0 Å². The summed E-state index contributed by atoms with van der Waals surface area (Å²) < 4.78 is 1.16. The minimum atomic E-state index is 1.08. The second-order valence-corrected chi connectivity index (χ2v) is 5.86. The van der Waals surface area contributed by atoms with Crippen LogP contribution in [0.2, 0.25) is 0 Å². The zero-order valence-electron chi connectivity index (χ0n) is 11.1. The van der Waals surface area contributed by atoms with Gasteiger partial charge < -0.3 is 10.2 Å². The van der Waals surface area contributed by atoms with Crippen molar-refractivity contribution in [3.05, 3.63) is 21.5 Å². The van der Waals surface area contributed by atoms with Gasteiger partial charge in [-0.25, -0.2) is 4.98 Å². The maximum atomic E-state index is 4.56. The Hall–Kier alpha value is -0.360. The predicted molar refractivity (Wildman–Crippen MR) is 85.3 cm³/mol. The van der Waals surface area contributed by atoms with E-state index in [0.717, 1.165) is 36.3 Å². The van der Waals surface area contributed by atoms with Crippen LogP contribution in [0.1, 0.15) is 31.7 Å². The molecule has 0 atom stereocenters. The van der Waals surface area contributed by atoms with Gasteiger partial charge in [0, 0.05) is 19.6 Å². The molecule has 1 saturated heterocycles. The molecule has 1 aromatic heterocycles. The van der Waals surface area contributed by atoms with E-state index in [1.807, 2.05) is 6.20 Å². The van der Waals surface area contributed by atoms with Crippen LogP contribution in [0.5, 0.6) is 0 Å². The Morgan fingerprint density at radius 1 is 1.39 bits per heavy atom. The van der Waals surface area contributed by atoms with Crippen molar-refractivity contribution < 1.29 is 0 Å². The molecule has 1 fully saturated rings. The van der Waals surface area contributed by atoms with Crippen molar-refractivity contribution in [2.24, 2.45) is 0 Å². The number of hydrogen-bond acceptors (Lipinski definition) is 3. The summed E-state index contributed by atoms with van der Waals surface area (Å²) in [5.41, 5.74) is 2.71. The Kier molecular flexibility index (Phi) is 5.69. The van der Waals surface area contributed by atoms with Gasteiger partial charge in [0.15, 0.2) is 0 Å². The first kappa shape index (κ1) is 14.1. The van der Waals surface area contributed by atoms with Crippen LogP contribution in [0, 0.1) is 3.70 Å². The number of halogens is 1. The number of nitrogens with one attached hydrogen (secondary N) is 1. The predicted octanol–water partition coefficient (Wildman–Crippen LogP) is 2.83. The third-order valence-electron chi connectivity index (χ3n) is 3.40. The van der Waals surface area contributed by atoms with Crippen molar-refractivity contribution in [2.45, 2.75) is 32.6 Å². The third-order valence-corrected chi connectivity index (χ3v) is 4.37. The van der Waals surface area contributed by atoms with Crippen LogP contribution in [0.15, 0.2) is 12.3 Å². The molecule has 1 N–H and O–H groups in total. The van der Waals surface area contributed by atoms with E-state index in [9.17, 15) is 0 Å². The number of rotatable bonds is 4. The average molecular weight is 359 g/mol. The molecule has 0 saturated carbocycles. The summed E-state index contributed by atoms with van der Waals surface area (Å²) in [6.07, 6.45) is 6.90. The van der Waals surface area contributed by atoms with Crippen molar-refractivity contribution in [3.8, 4) is 0 Å². The summed E-state index contributed by atoms with van der Waals surface area (Å²) in [5.74, 6) is 0. The first-order valence-electron chi connectivity index (χ1n) is 6.91. The smallest absolute Gasteiger partial charge is 0.104 e. The Morgan fingerprint density at radius 3 is 3.11 bits per heavy atom. The highest BCUT2D eigenvalue weighted by Gasteiger charge is 2.11. The van der Waals surface area contributed by atoms with Gasteiger partial charge in [0.25, 0.3) is 0 Å². The van der Waals surface area contributed by atoms with Gasteiger partial charge in [-0.1, -0.05) is 13.3 Å². The number of aromatic nitrogens is 1. The molecule has 0 aromatic carbocycles. The van der Waals surface area contributed by atoms with Crippen molar-refractivity contribution in [3.63, 3.8) is 0 Å². The molecule has 100 valence electrons. The van der Waals surface area contributed by atoms with Gasteiger partial charge in [-0.3, -0.25) is 0 Å². The maximum absolute atomic E-state index is 4.56. The SMILES string of the molecule is CCCCc1cc(N2CCCNCC2)cnc1I. The summed E-state index contributed by atoms with van der Waals surface area (Å²) in [4.78, 5) is 7.02. The van der Waals surface area contributed by atoms with Gasteiger partial charge in [-0.05, 0) is 60.0 Å². The lowest BCUT2D eigenvalue weighted by atomic mass is 10.1. The van der Waals surface area contributed by atoms with E-state index in [4.69, 9.17) is 0 Å². The number of nitrogens with zero attached hydrogens (tertiary/aromatic N) is 2. The molecule has 2 rings (SSSR count). The molecule has 0 spiro atoms. The molecular formula is C14H22IN3. The molecule has 1 aliphatic rings. The summed E-state index contributed by atoms with van der Waals surface area (Å²) >= 11 is 2.35. The Morgan fingerprint density at radius 2 is 2.28 bits per heavy atom. The van der Waals surface area contributed by atoms with Crippen LogP contribution < -0.4 is 10.2 Å². The number of hydrogen-bond donors (Lipinski definition) is 1. The summed E-state index contributed by atoms with van der Waals surface area (Å²) in [6.45, 7) is 6.69. The monoisotopic (exact) mass is 359 g/mol. The van der Waals surface area contributed by atoms with Crippen molar-refractivity contribution >= 4 is 28.3 Å². The fourth-order valence-electron chi connectivity index (χ4n) is 2.30. The molecule has 4 heteroatoms. The van der Waals surface area contributed by atoms with E-state index in [-0.39, 0.29) is 0 Å². The normalized spacial score (nSPS) is 16.7. The van der Waals surface area contributed by atoms with Gasteiger partial charge in [0.05, 0.1) is 11.9 Å². The quantitative estimate of drug-likeness (QED) is 0.662. The largest absolute Gasteiger partial charge is 0.369 e. The Bertz CT molecular complexity index is 373. The minimum Gasteiger partial charge on any atom is -0.369 e. The summed E-state index contributed by atoms with van der Waals surface area (Å²) in [7, 11) is 0. The van der Waals surface area contributed by atoms with E-state index >= 15 is 0 Å². The first-order chi connectivity index (χ1) is 8.81. The molecule has 1 aliphatic heterocycles. The lowest BCUT2D eigenvalue weighted by molar-refractivity contribution is 0.724. The van der Waals surface area contributed by atoms with Crippen molar-refractivity contribution in [1.29, 1.82) is 0 Å². The van der Waals surface area contributed by atoms with Crippen LogP contribution in [-0.2, 0) is 6.42 Å². The maximum Gasteiger partial charge on any atom is 0.104 e. The Labute approximate surface area is 124 Å². The molecule has 3 nitrogen and oxygen atoms in total. The highest BCUT2D eigenvalue weighted by atomic mass is 127. The fraction of sp³-hybridized carbons (Fsp3) is 0.643. The number of unbranched alkanes of at least 4 members (excludes halogenated alkanes) is 1. The van der Waals surface area contributed by atoms with E-state index in [2.05, 4.69) is 50.8 Å². The number of pyridine rings is 1. The standard InChI is InChI=1S/C14H22IN3/c1-2-3-5-12-10-13(11-17-14(12)15)18-8-4-6-16-7-9-18/h10-11,16H,2-9H2,1H3. The zero-order valence-corrected chi connectivity index (χ0v) is 13.2. The van der Waals surface area contributed by atoms with Crippen LogP contribution >= 0.6 is 22.6 Å². The topological polar surface area (TPSA) is 28.2 Å². The highest BCUT2D eigenvalue weighted by Crippen LogP contribution is 2.21. The van der Waals surface area contributed by atoms with Gasteiger partial charge in [0.1, 0.15) is 3.70 Å². The van der Waals surface area contributed by atoms with Crippen molar-refractivity contribution in [1.82, 2.24) is 10.3 Å². The molecule has 0 amide bonds. The lowest BCUT2D eigenvalue weighted by Gasteiger charge is -2.22. The molecule has 0 unspecified atom stereocenters. The lowest BCUT2D eigenvalue weighted by Crippen LogP contribution is -2.28. The van der Waals surface area contributed by atoms with Crippen LogP contribution in [-0.4, -0.2) is 31.2 Å². The van der Waals surface area contributed by atoms with Crippen LogP contribution in [0.25, 0.3) is 0 Å². The third kappa shape index (κ3) is 3.82. The van der Waals surface area contributed by atoms with E-state index in [1.54, 1.807) is 0 Å². The molecule has 18 heavy (non-hydrogen) atoms. The van der Waals surface area contributed by atoms with E-state index < -0.39 is 0 Å². The van der Waals surface area contributed by atoms with Gasteiger partial charge in [-0.15, -0.1) is 0 Å². The molecule has 0 aliphatic carbocycles. The van der Waals surface area contributed by atoms with Gasteiger partial charge in [0.2, 0.25) is 0 Å². The van der Waals surface area contributed by atoms with Crippen LogP contribution in [0.3, 0.4) is 0 Å². The highest BCUT2D eigenvalue weighted by molar-refractivity contribution is 14.1. The van der Waals surface area contributed by atoms with Gasteiger partial charge >= 0.3 is 0 Å². The van der Waals surface area contributed by atoms with Gasteiger partial charge in [-0.2, -0.15) is 0 Å².